The van der Waals surface area contributed by atoms with Gasteiger partial charge >= 0.3 is 5.97 Å². The quantitative estimate of drug-likeness (QED) is 0.198. The maximum Gasteiger partial charge on any atom is 0.333 e. The molecule has 0 aliphatic heterocycles. The molecule has 1 aromatic rings. The monoisotopic (exact) mass is 267 g/mol. The average molecular weight is 267 g/mol. The lowest BCUT2D eigenvalue weighted by Gasteiger charge is -2.04. The van der Waals surface area contributed by atoms with Crippen LogP contribution in [-0.4, -0.2) is 23.3 Å². The summed E-state index contributed by atoms with van der Waals surface area (Å²) in [6, 6.07) is 6.23. The van der Waals surface area contributed by atoms with Gasteiger partial charge in [0.2, 0.25) is 0 Å². The van der Waals surface area contributed by atoms with Crippen molar-refractivity contribution < 1.29 is 14.5 Å². The average Bonchev–Trinajstić information content (AvgIpc) is 2.34. The Labute approximate surface area is 109 Å². The van der Waals surface area contributed by atoms with E-state index in [-0.39, 0.29) is 12.3 Å². The van der Waals surface area contributed by atoms with Gasteiger partial charge in [-0.2, -0.15) is 0 Å². The third kappa shape index (κ3) is 4.58. The van der Waals surface area contributed by atoms with Crippen molar-refractivity contribution in [3.63, 3.8) is 0 Å². The van der Waals surface area contributed by atoms with Crippen molar-refractivity contribution in [2.24, 2.45) is 0 Å². The fourth-order valence-corrected chi connectivity index (χ4v) is 1.81. The van der Waals surface area contributed by atoms with Crippen molar-refractivity contribution >= 4 is 23.4 Å². The molecule has 0 atom stereocenters. The van der Waals surface area contributed by atoms with E-state index in [2.05, 4.69) is 6.58 Å². The Hall–Kier alpha value is -1.82. The highest BCUT2D eigenvalue weighted by atomic mass is 32.2. The molecular weight excluding hydrogens is 254 g/mol. The Balaban J connectivity index is 2.34. The molecule has 0 aromatic heterocycles. The first-order valence-corrected chi connectivity index (χ1v) is 6.19. The van der Waals surface area contributed by atoms with E-state index in [1.165, 1.54) is 23.9 Å². The Morgan fingerprint density at radius 1 is 1.44 bits per heavy atom. The van der Waals surface area contributed by atoms with Crippen LogP contribution in [0.15, 0.2) is 41.3 Å². The highest BCUT2D eigenvalue weighted by Gasteiger charge is 2.05. The zero-order valence-electron chi connectivity index (χ0n) is 9.92. The number of rotatable bonds is 6. The van der Waals surface area contributed by atoms with Gasteiger partial charge in [0.1, 0.15) is 6.61 Å². The van der Waals surface area contributed by atoms with Crippen molar-refractivity contribution in [2.45, 2.75) is 11.8 Å². The van der Waals surface area contributed by atoms with Gasteiger partial charge in [-0.1, -0.05) is 6.58 Å². The second-order valence-corrected chi connectivity index (χ2v) is 4.68. The molecule has 0 aliphatic rings. The van der Waals surface area contributed by atoms with E-state index >= 15 is 0 Å². The molecule has 0 saturated carbocycles. The minimum atomic E-state index is -0.441. The predicted octanol–water partition coefficient (Wildman–Crippen LogP) is 2.81. The number of thioether (sulfide) groups is 1. The van der Waals surface area contributed by atoms with Crippen LogP contribution in [0.25, 0.3) is 0 Å². The lowest BCUT2D eigenvalue weighted by molar-refractivity contribution is -0.384. The predicted molar refractivity (Wildman–Crippen MR) is 69.6 cm³/mol. The summed E-state index contributed by atoms with van der Waals surface area (Å²) in [4.78, 5) is 22.0. The zero-order chi connectivity index (χ0) is 13.5. The molecule has 1 rings (SSSR count). The van der Waals surface area contributed by atoms with Crippen LogP contribution in [0.1, 0.15) is 6.92 Å². The fourth-order valence-electron chi connectivity index (χ4n) is 1.08. The van der Waals surface area contributed by atoms with E-state index in [0.29, 0.717) is 11.3 Å². The molecule has 0 unspecified atom stereocenters. The van der Waals surface area contributed by atoms with Crippen molar-refractivity contribution in [3.05, 3.63) is 46.5 Å². The largest absolute Gasteiger partial charge is 0.461 e. The molecule has 18 heavy (non-hydrogen) atoms. The Kier molecular flexibility index (Phi) is 5.38. The molecule has 0 bridgehead atoms. The number of ether oxygens (including phenoxy) is 1. The first-order valence-electron chi connectivity index (χ1n) is 5.20. The van der Waals surface area contributed by atoms with Crippen LogP contribution >= 0.6 is 11.8 Å². The molecule has 5 nitrogen and oxygen atoms in total. The third-order valence-corrected chi connectivity index (χ3v) is 2.96. The Bertz CT molecular complexity index is 456. The molecule has 6 heteroatoms. The summed E-state index contributed by atoms with van der Waals surface area (Å²) in [5.41, 5.74) is 0.434. The van der Waals surface area contributed by atoms with Gasteiger partial charge in [-0.05, 0) is 19.1 Å². The molecule has 0 radical (unpaired) electrons. The van der Waals surface area contributed by atoms with E-state index in [9.17, 15) is 14.9 Å². The molecule has 0 spiro atoms. The van der Waals surface area contributed by atoms with Crippen molar-refractivity contribution in [1.29, 1.82) is 0 Å². The maximum atomic E-state index is 11.1. The van der Waals surface area contributed by atoms with E-state index in [1.807, 2.05) is 0 Å². The van der Waals surface area contributed by atoms with Crippen LogP contribution in [0.5, 0.6) is 0 Å². The minimum absolute atomic E-state index is 0.0630. The molecular formula is C12H13NO4S. The van der Waals surface area contributed by atoms with Crippen LogP contribution in [-0.2, 0) is 9.53 Å². The van der Waals surface area contributed by atoms with E-state index < -0.39 is 10.9 Å². The lowest BCUT2D eigenvalue weighted by atomic mass is 10.3. The standard InChI is InChI=1S/C12H13NO4S/c1-9(2)12(14)17-7-8-18-11-5-3-10(4-6-11)13(15)16/h3-6H,1,7-8H2,2H3. The first kappa shape index (κ1) is 14.2. The summed E-state index contributed by atoms with van der Waals surface area (Å²) in [5.74, 6) is 0.191. The molecule has 0 fully saturated rings. The molecule has 0 heterocycles. The van der Waals surface area contributed by atoms with Gasteiger partial charge in [0.15, 0.2) is 0 Å². The van der Waals surface area contributed by atoms with Gasteiger partial charge in [0.05, 0.1) is 4.92 Å². The van der Waals surface area contributed by atoms with Crippen molar-refractivity contribution in [2.75, 3.05) is 12.4 Å². The summed E-state index contributed by atoms with van der Waals surface area (Å²) >= 11 is 1.47. The van der Waals surface area contributed by atoms with Gasteiger partial charge < -0.3 is 4.74 Å². The zero-order valence-corrected chi connectivity index (χ0v) is 10.7. The van der Waals surface area contributed by atoms with Crippen LogP contribution in [0.3, 0.4) is 0 Å². The summed E-state index contributed by atoms with van der Waals surface area (Å²) < 4.78 is 4.92. The van der Waals surface area contributed by atoms with Crippen molar-refractivity contribution in [3.8, 4) is 0 Å². The van der Waals surface area contributed by atoms with Crippen LogP contribution in [0.2, 0.25) is 0 Å². The normalized spacial score (nSPS) is 9.83. The van der Waals surface area contributed by atoms with Gasteiger partial charge in [0.25, 0.3) is 5.69 Å². The number of nitro groups is 1. The molecule has 0 saturated heterocycles. The lowest BCUT2D eigenvalue weighted by Crippen LogP contribution is -2.07. The van der Waals surface area contributed by atoms with Gasteiger partial charge in [0, 0.05) is 28.4 Å². The fraction of sp³-hybridized carbons (Fsp3) is 0.250. The number of esters is 1. The molecule has 0 N–H and O–H groups in total. The molecule has 96 valence electrons. The number of carbonyl (C=O) groups is 1. The highest BCUT2D eigenvalue weighted by molar-refractivity contribution is 7.99. The number of nitro benzene ring substituents is 1. The van der Waals surface area contributed by atoms with Crippen LogP contribution < -0.4 is 0 Å². The number of hydrogen-bond donors (Lipinski definition) is 0. The molecule has 0 aliphatic carbocycles. The number of hydrogen-bond acceptors (Lipinski definition) is 5. The summed E-state index contributed by atoms with van der Waals surface area (Å²) in [6.45, 7) is 5.35. The smallest absolute Gasteiger partial charge is 0.333 e. The first-order chi connectivity index (χ1) is 8.50. The van der Waals surface area contributed by atoms with Crippen LogP contribution in [0.4, 0.5) is 5.69 Å². The van der Waals surface area contributed by atoms with E-state index in [4.69, 9.17) is 4.74 Å². The number of benzene rings is 1. The molecule has 1 aromatic carbocycles. The van der Waals surface area contributed by atoms with Gasteiger partial charge in [-0.25, -0.2) is 4.79 Å². The maximum absolute atomic E-state index is 11.1. The Morgan fingerprint density at radius 2 is 2.06 bits per heavy atom. The summed E-state index contributed by atoms with van der Waals surface area (Å²) in [7, 11) is 0. The topological polar surface area (TPSA) is 69.4 Å². The van der Waals surface area contributed by atoms with E-state index in [1.54, 1.807) is 19.1 Å². The van der Waals surface area contributed by atoms with Crippen LogP contribution in [0, 0.1) is 10.1 Å². The van der Waals surface area contributed by atoms with Gasteiger partial charge in [-0.15, -0.1) is 11.8 Å². The van der Waals surface area contributed by atoms with Crippen molar-refractivity contribution in [1.82, 2.24) is 0 Å². The highest BCUT2D eigenvalue weighted by Crippen LogP contribution is 2.21. The third-order valence-electron chi connectivity index (χ3n) is 1.98. The van der Waals surface area contributed by atoms with Gasteiger partial charge in [-0.3, -0.25) is 10.1 Å². The second-order valence-electron chi connectivity index (χ2n) is 3.52. The Morgan fingerprint density at radius 3 is 2.56 bits per heavy atom. The number of nitrogens with zero attached hydrogens (tertiary/aromatic N) is 1. The SMILES string of the molecule is C=C(C)C(=O)OCCSc1ccc([N+](=O)[O-])cc1. The number of carbonyl (C=O) groups excluding carboxylic acids is 1. The molecule has 0 amide bonds. The van der Waals surface area contributed by atoms with E-state index in [0.717, 1.165) is 4.90 Å². The summed E-state index contributed by atoms with van der Waals surface area (Å²) in [6.07, 6.45) is 0. The number of non-ortho nitro benzene ring substituents is 1. The summed E-state index contributed by atoms with van der Waals surface area (Å²) in [5, 5.41) is 10.4. The minimum Gasteiger partial charge on any atom is -0.461 e. The second kappa shape index (κ2) is 6.80.